The molecule has 0 aliphatic carbocycles. The lowest BCUT2D eigenvalue weighted by atomic mass is 10.3. The van der Waals surface area contributed by atoms with Crippen LogP contribution in [0, 0.1) is 0 Å². The highest BCUT2D eigenvalue weighted by molar-refractivity contribution is 6.61. The average Bonchev–Trinajstić information content (AvgIpc) is 2.22. The second-order valence-corrected chi connectivity index (χ2v) is 7.04. The highest BCUT2D eigenvalue weighted by Crippen LogP contribution is 2.25. The van der Waals surface area contributed by atoms with E-state index < -0.39 is 14.9 Å². The number of rotatable bonds is 3. The van der Waals surface area contributed by atoms with Crippen LogP contribution in [0.25, 0.3) is 0 Å². The molecular formula is C11H19NO4Si. The second-order valence-electron chi connectivity index (χ2n) is 4.50. The lowest BCUT2D eigenvalue weighted by Crippen LogP contribution is -2.60. The first-order valence-corrected chi connectivity index (χ1v) is 7.89. The Hall–Kier alpha value is -0.533. The van der Waals surface area contributed by atoms with Gasteiger partial charge in [-0.2, -0.15) is 0 Å². The highest BCUT2D eigenvalue weighted by atomic mass is 28.4. The SMILES string of the molecule is C=CC[Si]12OCCN(CC(C)O1)CC(C=O)O2. The van der Waals surface area contributed by atoms with E-state index in [1.807, 2.05) is 6.92 Å². The summed E-state index contributed by atoms with van der Waals surface area (Å²) in [7, 11) is -2.75. The molecule has 3 aliphatic heterocycles. The molecule has 0 saturated carbocycles. The van der Waals surface area contributed by atoms with Gasteiger partial charge in [-0.05, 0) is 6.92 Å². The number of aldehydes is 1. The number of nitrogens with zero attached hydrogens (tertiary/aromatic N) is 1. The Balaban J connectivity index is 2.23. The molecule has 0 spiro atoms. The second kappa shape index (κ2) is 5.41. The van der Waals surface area contributed by atoms with Gasteiger partial charge in [0, 0.05) is 25.7 Å². The van der Waals surface area contributed by atoms with Crippen molar-refractivity contribution in [2.45, 2.75) is 25.2 Å². The van der Waals surface area contributed by atoms with Crippen LogP contribution in [0.2, 0.25) is 6.04 Å². The number of carbonyl (C=O) groups is 1. The zero-order valence-electron chi connectivity index (χ0n) is 10.1. The summed E-state index contributed by atoms with van der Waals surface area (Å²) < 4.78 is 17.6. The van der Waals surface area contributed by atoms with Crippen LogP contribution in [0.1, 0.15) is 6.92 Å². The van der Waals surface area contributed by atoms with Crippen molar-refractivity contribution in [2.24, 2.45) is 0 Å². The van der Waals surface area contributed by atoms with Crippen molar-refractivity contribution in [3.8, 4) is 0 Å². The predicted molar refractivity (Wildman–Crippen MR) is 64.6 cm³/mol. The van der Waals surface area contributed by atoms with Crippen LogP contribution in [-0.4, -0.2) is 58.4 Å². The summed E-state index contributed by atoms with van der Waals surface area (Å²) in [5.74, 6) is 0. The van der Waals surface area contributed by atoms with Crippen molar-refractivity contribution in [1.82, 2.24) is 4.90 Å². The van der Waals surface area contributed by atoms with Crippen LogP contribution in [0.3, 0.4) is 0 Å². The van der Waals surface area contributed by atoms with E-state index in [2.05, 4.69) is 11.5 Å². The van der Waals surface area contributed by atoms with E-state index in [4.69, 9.17) is 13.3 Å². The highest BCUT2D eigenvalue weighted by Gasteiger charge is 2.47. The lowest BCUT2D eigenvalue weighted by molar-refractivity contribution is -0.122. The minimum atomic E-state index is -2.75. The van der Waals surface area contributed by atoms with E-state index in [1.54, 1.807) is 6.08 Å². The van der Waals surface area contributed by atoms with Gasteiger partial charge in [0.2, 0.25) is 0 Å². The molecule has 4 unspecified atom stereocenters. The molecule has 3 fully saturated rings. The van der Waals surface area contributed by atoms with Crippen LogP contribution in [0.5, 0.6) is 0 Å². The predicted octanol–water partition coefficient (Wildman–Crippen LogP) is 0.446. The van der Waals surface area contributed by atoms with Gasteiger partial charge in [-0.3, -0.25) is 4.90 Å². The van der Waals surface area contributed by atoms with Crippen LogP contribution >= 0.6 is 0 Å². The summed E-state index contributed by atoms with van der Waals surface area (Å²) in [6.45, 7) is 8.61. The van der Waals surface area contributed by atoms with Crippen molar-refractivity contribution in [1.29, 1.82) is 0 Å². The van der Waals surface area contributed by atoms with Gasteiger partial charge in [-0.1, -0.05) is 6.08 Å². The Kier molecular flexibility index (Phi) is 4.11. The fourth-order valence-corrected chi connectivity index (χ4v) is 4.85. The molecule has 0 amide bonds. The summed E-state index contributed by atoms with van der Waals surface area (Å²) in [5.41, 5.74) is 0. The molecule has 0 aromatic carbocycles. The molecule has 3 heterocycles. The maximum absolute atomic E-state index is 11.0. The summed E-state index contributed by atoms with van der Waals surface area (Å²) in [6.07, 6.45) is 2.21. The quantitative estimate of drug-likeness (QED) is 0.417. The Morgan fingerprint density at radius 1 is 1.47 bits per heavy atom. The molecule has 96 valence electrons. The first-order chi connectivity index (χ1) is 8.17. The number of hydrogen-bond donors (Lipinski definition) is 0. The molecular weight excluding hydrogens is 238 g/mol. The number of fused-ring (bicyclic) bond motifs is 6. The minimum Gasteiger partial charge on any atom is -0.372 e. The van der Waals surface area contributed by atoms with Crippen LogP contribution in [0.15, 0.2) is 12.7 Å². The number of carbonyl (C=O) groups excluding carboxylic acids is 1. The molecule has 0 N–H and O–H groups in total. The largest absolute Gasteiger partial charge is 0.505 e. The molecule has 0 aromatic heterocycles. The lowest BCUT2D eigenvalue weighted by Gasteiger charge is -2.42. The fourth-order valence-electron chi connectivity index (χ4n) is 2.32. The van der Waals surface area contributed by atoms with Crippen LogP contribution in [0.4, 0.5) is 0 Å². The molecule has 3 aliphatic rings. The molecule has 3 rings (SSSR count). The van der Waals surface area contributed by atoms with Crippen LogP contribution in [-0.2, 0) is 18.1 Å². The number of allylic oxidation sites excluding steroid dienone is 1. The van der Waals surface area contributed by atoms with E-state index in [-0.39, 0.29) is 6.10 Å². The van der Waals surface area contributed by atoms with Gasteiger partial charge in [0.15, 0.2) is 0 Å². The molecule has 4 atom stereocenters. The zero-order valence-corrected chi connectivity index (χ0v) is 11.1. The van der Waals surface area contributed by atoms with Crippen molar-refractivity contribution >= 4 is 15.1 Å². The van der Waals surface area contributed by atoms with Gasteiger partial charge in [-0.25, -0.2) is 0 Å². The van der Waals surface area contributed by atoms with Crippen molar-refractivity contribution < 1.29 is 18.1 Å². The summed E-state index contributed by atoms with van der Waals surface area (Å²) in [6, 6.07) is 0.557. The first-order valence-electron chi connectivity index (χ1n) is 5.95. The summed E-state index contributed by atoms with van der Waals surface area (Å²) in [5, 5.41) is 0. The Bertz CT molecular complexity index is 301. The molecule has 17 heavy (non-hydrogen) atoms. The minimum absolute atomic E-state index is 0.0644. The smallest absolute Gasteiger partial charge is 0.372 e. The monoisotopic (exact) mass is 257 g/mol. The van der Waals surface area contributed by atoms with Gasteiger partial charge < -0.3 is 18.1 Å². The fraction of sp³-hybridized carbons (Fsp3) is 0.727. The number of hydrogen-bond acceptors (Lipinski definition) is 5. The summed E-state index contributed by atoms with van der Waals surface area (Å²) in [4.78, 5) is 13.2. The van der Waals surface area contributed by atoms with E-state index in [9.17, 15) is 4.79 Å². The van der Waals surface area contributed by atoms with Gasteiger partial charge in [-0.15, -0.1) is 6.58 Å². The van der Waals surface area contributed by atoms with Gasteiger partial charge in [0.25, 0.3) is 0 Å². The molecule has 6 heteroatoms. The molecule has 5 nitrogen and oxygen atoms in total. The third-order valence-corrected chi connectivity index (χ3v) is 5.80. The van der Waals surface area contributed by atoms with Crippen molar-refractivity contribution in [3.63, 3.8) is 0 Å². The maximum atomic E-state index is 11.0. The topological polar surface area (TPSA) is 48.0 Å². The third-order valence-electron chi connectivity index (χ3n) is 2.94. The molecule has 3 saturated heterocycles. The third kappa shape index (κ3) is 3.02. The van der Waals surface area contributed by atoms with E-state index in [0.717, 1.165) is 19.4 Å². The Labute approximate surface area is 103 Å². The average molecular weight is 257 g/mol. The zero-order chi connectivity index (χ0) is 12.3. The van der Waals surface area contributed by atoms with Crippen molar-refractivity contribution in [2.75, 3.05) is 26.2 Å². The first kappa shape index (κ1) is 12.9. The van der Waals surface area contributed by atoms with E-state index >= 15 is 0 Å². The Morgan fingerprint density at radius 3 is 3.00 bits per heavy atom. The van der Waals surface area contributed by atoms with E-state index in [0.29, 0.717) is 19.2 Å². The normalized spacial score (nSPS) is 42.3. The molecule has 0 radical (unpaired) electrons. The molecule has 2 bridgehead atoms. The summed E-state index contributed by atoms with van der Waals surface area (Å²) >= 11 is 0. The standard InChI is InChI=1S/C11H19NO4Si/c1-3-6-17-14-5-4-12(7-10(2)15-17)8-11(9-13)16-17/h3,9-11H,1,4-8H2,2H3. The van der Waals surface area contributed by atoms with E-state index in [1.165, 1.54) is 0 Å². The van der Waals surface area contributed by atoms with Gasteiger partial charge in [0.1, 0.15) is 12.4 Å². The van der Waals surface area contributed by atoms with Crippen molar-refractivity contribution in [3.05, 3.63) is 12.7 Å². The van der Waals surface area contributed by atoms with Crippen LogP contribution < -0.4 is 0 Å². The van der Waals surface area contributed by atoms with Gasteiger partial charge >= 0.3 is 8.80 Å². The maximum Gasteiger partial charge on any atom is 0.505 e. The van der Waals surface area contributed by atoms with Gasteiger partial charge in [0.05, 0.1) is 12.7 Å². The molecule has 0 aromatic rings. The Morgan fingerprint density at radius 2 is 2.29 bits per heavy atom.